The Morgan fingerprint density at radius 1 is 1.38 bits per heavy atom. The minimum atomic E-state index is 0.415. The summed E-state index contributed by atoms with van der Waals surface area (Å²) in [6.07, 6.45) is 4.12. The first-order valence-electron chi connectivity index (χ1n) is 5.30. The summed E-state index contributed by atoms with van der Waals surface area (Å²) in [5, 5.41) is 8.51. The van der Waals surface area contributed by atoms with Gasteiger partial charge in [-0.3, -0.25) is 9.55 Å². The molecule has 1 aliphatic rings. The van der Waals surface area contributed by atoms with Crippen LogP contribution in [0.3, 0.4) is 0 Å². The second kappa shape index (κ2) is 3.56. The van der Waals surface area contributed by atoms with Crippen LogP contribution >= 0.6 is 11.6 Å². The molecular formula is C11H11ClN4. The number of rotatable bonds is 2. The summed E-state index contributed by atoms with van der Waals surface area (Å²) in [5.74, 6) is 1.47. The summed E-state index contributed by atoms with van der Waals surface area (Å²) in [5.41, 5.74) is 1.91. The van der Waals surface area contributed by atoms with Crippen LogP contribution in [-0.4, -0.2) is 19.7 Å². The van der Waals surface area contributed by atoms with Crippen molar-refractivity contribution in [3.8, 4) is 5.69 Å². The third-order valence-electron chi connectivity index (χ3n) is 2.81. The smallest absolute Gasteiger partial charge is 0.229 e. The zero-order valence-electron chi connectivity index (χ0n) is 8.89. The highest BCUT2D eigenvalue weighted by Crippen LogP contribution is 2.40. The van der Waals surface area contributed by atoms with Crippen molar-refractivity contribution >= 4 is 11.6 Å². The largest absolute Gasteiger partial charge is 0.268 e. The maximum Gasteiger partial charge on any atom is 0.229 e. The number of hydrogen-bond acceptors (Lipinski definition) is 3. The maximum atomic E-state index is 6.08. The Kier molecular flexibility index (Phi) is 2.17. The van der Waals surface area contributed by atoms with Crippen LogP contribution in [0.25, 0.3) is 5.69 Å². The van der Waals surface area contributed by atoms with E-state index in [4.69, 9.17) is 11.6 Å². The van der Waals surface area contributed by atoms with Crippen LogP contribution in [-0.2, 0) is 0 Å². The van der Waals surface area contributed by atoms with Crippen LogP contribution < -0.4 is 0 Å². The average molecular weight is 235 g/mol. The Morgan fingerprint density at radius 2 is 2.19 bits per heavy atom. The van der Waals surface area contributed by atoms with Crippen molar-refractivity contribution in [2.75, 3.05) is 0 Å². The van der Waals surface area contributed by atoms with Gasteiger partial charge in [-0.1, -0.05) is 0 Å². The molecule has 0 saturated heterocycles. The molecule has 0 amide bonds. The summed E-state index contributed by atoms with van der Waals surface area (Å²) < 4.78 is 1.90. The predicted octanol–water partition coefficient (Wildman–Crippen LogP) is 2.50. The standard InChI is InChI=1S/C11H11ClN4/c1-7-9(3-2-6-13-7)16-10(8-4-5-8)14-15-11(16)12/h2-3,6,8H,4-5H2,1H3. The highest BCUT2D eigenvalue weighted by atomic mass is 35.5. The van der Waals surface area contributed by atoms with Crippen molar-refractivity contribution in [2.45, 2.75) is 25.7 Å². The van der Waals surface area contributed by atoms with Gasteiger partial charge in [0.2, 0.25) is 5.28 Å². The average Bonchev–Trinajstić information content (AvgIpc) is 3.04. The molecule has 0 radical (unpaired) electrons. The van der Waals surface area contributed by atoms with Crippen molar-refractivity contribution in [3.63, 3.8) is 0 Å². The van der Waals surface area contributed by atoms with E-state index in [1.165, 1.54) is 12.8 Å². The van der Waals surface area contributed by atoms with E-state index in [1.807, 2.05) is 23.6 Å². The minimum Gasteiger partial charge on any atom is -0.268 e. The third kappa shape index (κ3) is 1.50. The minimum absolute atomic E-state index is 0.415. The van der Waals surface area contributed by atoms with E-state index in [9.17, 15) is 0 Å². The quantitative estimate of drug-likeness (QED) is 0.802. The molecule has 0 N–H and O–H groups in total. The van der Waals surface area contributed by atoms with E-state index in [0.29, 0.717) is 11.2 Å². The first-order valence-corrected chi connectivity index (χ1v) is 5.68. The van der Waals surface area contributed by atoms with Crippen LogP contribution in [0.15, 0.2) is 18.3 Å². The molecule has 1 fully saturated rings. The summed E-state index contributed by atoms with van der Waals surface area (Å²) >= 11 is 6.08. The number of nitrogens with zero attached hydrogens (tertiary/aromatic N) is 4. The lowest BCUT2D eigenvalue weighted by Gasteiger charge is -2.08. The summed E-state index contributed by atoms with van der Waals surface area (Å²) in [6.45, 7) is 1.96. The van der Waals surface area contributed by atoms with Crippen molar-refractivity contribution in [2.24, 2.45) is 0 Å². The Hall–Kier alpha value is -1.42. The molecule has 0 aliphatic heterocycles. The van der Waals surface area contributed by atoms with E-state index in [-0.39, 0.29) is 0 Å². The van der Waals surface area contributed by atoms with E-state index in [1.54, 1.807) is 6.20 Å². The SMILES string of the molecule is Cc1ncccc1-n1c(Cl)nnc1C1CC1. The highest BCUT2D eigenvalue weighted by molar-refractivity contribution is 6.28. The van der Waals surface area contributed by atoms with Gasteiger partial charge in [0.1, 0.15) is 5.82 Å². The van der Waals surface area contributed by atoms with E-state index in [0.717, 1.165) is 17.2 Å². The number of aryl methyl sites for hydroxylation is 1. The molecule has 2 aromatic heterocycles. The Morgan fingerprint density at radius 3 is 2.88 bits per heavy atom. The molecule has 0 aromatic carbocycles. The van der Waals surface area contributed by atoms with E-state index in [2.05, 4.69) is 15.2 Å². The number of aromatic nitrogens is 4. The lowest BCUT2D eigenvalue weighted by Crippen LogP contribution is -2.03. The Balaban J connectivity index is 2.18. The Bertz CT molecular complexity index is 531. The molecule has 16 heavy (non-hydrogen) atoms. The number of hydrogen-bond donors (Lipinski definition) is 0. The van der Waals surface area contributed by atoms with Crippen molar-refractivity contribution < 1.29 is 0 Å². The van der Waals surface area contributed by atoms with Gasteiger partial charge >= 0.3 is 0 Å². The molecular weight excluding hydrogens is 224 g/mol. The van der Waals surface area contributed by atoms with Crippen LogP contribution in [0, 0.1) is 6.92 Å². The van der Waals surface area contributed by atoms with Gasteiger partial charge in [0.05, 0.1) is 11.4 Å². The fourth-order valence-electron chi connectivity index (χ4n) is 1.82. The molecule has 0 atom stereocenters. The van der Waals surface area contributed by atoms with Crippen molar-refractivity contribution in [1.82, 2.24) is 19.7 Å². The van der Waals surface area contributed by atoms with Crippen LogP contribution in [0.1, 0.15) is 30.3 Å². The molecule has 0 spiro atoms. The first kappa shape index (κ1) is 9.78. The van der Waals surface area contributed by atoms with Crippen LogP contribution in [0.2, 0.25) is 5.28 Å². The first-order chi connectivity index (χ1) is 7.77. The number of halogens is 1. The van der Waals surface area contributed by atoms with Gasteiger partial charge in [0.15, 0.2) is 0 Å². The Labute approximate surface area is 98.3 Å². The lowest BCUT2D eigenvalue weighted by molar-refractivity contribution is 0.862. The maximum absolute atomic E-state index is 6.08. The molecule has 82 valence electrons. The predicted molar refractivity (Wildman–Crippen MR) is 60.9 cm³/mol. The zero-order valence-corrected chi connectivity index (χ0v) is 9.65. The molecule has 1 aliphatic carbocycles. The topological polar surface area (TPSA) is 43.6 Å². The molecule has 3 rings (SSSR count). The second-order valence-electron chi connectivity index (χ2n) is 4.04. The normalized spacial score (nSPS) is 15.4. The zero-order chi connectivity index (χ0) is 11.1. The molecule has 5 heteroatoms. The molecule has 2 aromatic rings. The fraction of sp³-hybridized carbons (Fsp3) is 0.364. The lowest BCUT2D eigenvalue weighted by atomic mass is 10.3. The molecule has 0 unspecified atom stereocenters. The van der Waals surface area contributed by atoms with Crippen LogP contribution in [0.4, 0.5) is 0 Å². The summed E-state index contributed by atoms with van der Waals surface area (Å²) in [6, 6.07) is 3.89. The van der Waals surface area contributed by atoms with Crippen LogP contribution in [0.5, 0.6) is 0 Å². The monoisotopic (exact) mass is 234 g/mol. The third-order valence-corrected chi connectivity index (χ3v) is 3.06. The van der Waals surface area contributed by atoms with Crippen molar-refractivity contribution in [1.29, 1.82) is 0 Å². The molecule has 0 bridgehead atoms. The van der Waals surface area contributed by atoms with Gasteiger partial charge in [-0.2, -0.15) is 0 Å². The molecule has 1 saturated carbocycles. The summed E-state index contributed by atoms with van der Waals surface area (Å²) in [4.78, 5) is 4.26. The second-order valence-corrected chi connectivity index (χ2v) is 4.38. The number of pyridine rings is 1. The summed E-state index contributed by atoms with van der Waals surface area (Å²) in [7, 11) is 0. The van der Waals surface area contributed by atoms with E-state index < -0.39 is 0 Å². The van der Waals surface area contributed by atoms with Gasteiger partial charge < -0.3 is 0 Å². The van der Waals surface area contributed by atoms with Crippen molar-refractivity contribution in [3.05, 3.63) is 35.1 Å². The fourth-order valence-corrected chi connectivity index (χ4v) is 2.03. The molecule has 4 nitrogen and oxygen atoms in total. The van der Waals surface area contributed by atoms with Gasteiger partial charge in [0.25, 0.3) is 0 Å². The van der Waals surface area contributed by atoms with Gasteiger partial charge in [-0.05, 0) is 43.5 Å². The molecule has 2 heterocycles. The van der Waals surface area contributed by atoms with Gasteiger partial charge in [-0.25, -0.2) is 0 Å². The van der Waals surface area contributed by atoms with E-state index >= 15 is 0 Å². The van der Waals surface area contributed by atoms with Gasteiger partial charge in [0, 0.05) is 12.1 Å². The highest BCUT2D eigenvalue weighted by Gasteiger charge is 2.30. The van der Waals surface area contributed by atoms with Gasteiger partial charge in [-0.15, -0.1) is 10.2 Å².